The maximum atomic E-state index is 12.6. The number of carbonyl (C=O) groups excluding carboxylic acids is 3. The number of hydrogen-bond donors (Lipinski definition) is 1. The number of benzene rings is 1. The highest BCUT2D eigenvalue weighted by Crippen LogP contribution is 2.35. The Morgan fingerprint density at radius 1 is 1.16 bits per heavy atom. The lowest BCUT2D eigenvalue weighted by Gasteiger charge is -2.20. The van der Waals surface area contributed by atoms with Crippen molar-refractivity contribution in [3.05, 3.63) is 29.8 Å². The van der Waals surface area contributed by atoms with Gasteiger partial charge in [0.15, 0.2) is 0 Å². The minimum absolute atomic E-state index is 0.0626. The fourth-order valence-corrected chi connectivity index (χ4v) is 4.32. The van der Waals surface area contributed by atoms with Gasteiger partial charge in [-0.2, -0.15) is 0 Å². The molecule has 1 N–H and O–H groups in total. The van der Waals surface area contributed by atoms with Crippen LogP contribution in [-0.2, 0) is 16.0 Å². The van der Waals surface area contributed by atoms with E-state index in [1.54, 1.807) is 0 Å². The van der Waals surface area contributed by atoms with Crippen molar-refractivity contribution in [3.63, 3.8) is 0 Å². The molecule has 4 amide bonds. The van der Waals surface area contributed by atoms with Crippen molar-refractivity contribution in [2.24, 2.45) is 0 Å². The van der Waals surface area contributed by atoms with Gasteiger partial charge in [-0.25, -0.2) is 4.79 Å². The highest BCUT2D eigenvalue weighted by atomic mass is 16.2. The molecule has 2 aliphatic heterocycles. The summed E-state index contributed by atoms with van der Waals surface area (Å²) in [6.07, 6.45) is 5.16. The Kier molecular flexibility index (Phi) is 3.98. The molecule has 1 aliphatic carbocycles. The molecule has 2 fully saturated rings. The van der Waals surface area contributed by atoms with Crippen LogP contribution in [0.2, 0.25) is 0 Å². The van der Waals surface area contributed by atoms with Crippen LogP contribution in [0.5, 0.6) is 0 Å². The molecular weight excluding hydrogens is 318 g/mol. The van der Waals surface area contributed by atoms with Crippen molar-refractivity contribution in [2.75, 3.05) is 18.0 Å². The Balaban J connectivity index is 1.33. The summed E-state index contributed by atoms with van der Waals surface area (Å²) in [5.41, 5.74) is 1.54. The summed E-state index contributed by atoms with van der Waals surface area (Å²) >= 11 is 0. The minimum Gasteiger partial charge on any atom is -0.323 e. The van der Waals surface area contributed by atoms with E-state index in [-0.39, 0.29) is 17.8 Å². The van der Waals surface area contributed by atoms with Gasteiger partial charge >= 0.3 is 6.03 Å². The molecule has 1 aromatic rings. The SMILES string of the molecule is O=C1NC2(CCCC2)C(=O)N1CCCC(=O)N1CCc2ccccc21. The quantitative estimate of drug-likeness (QED) is 0.854. The summed E-state index contributed by atoms with van der Waals surface area (Å²) in [6.45, 7) is 1.03. The topological polar surface area (TPSA) is 69.7 Å². The fraction of sp³-hybridized carbons (Fsp3) is 0.526. The van der Waals surface area contributed by atoms with Gasteiger partial charge in [-0.1, -0.05) is 31.0 Å². The summed E-state index contributed by atoms with van der Waals surface area (Å²) in [7, 11) is 0. The van der Waals surface area contributed by atoms with Crippen molar-refractivity contribution in [1.29, 1.82) is 0 Å². The van der Waals surface area contributed by atoms with Crippen molar-refractivity contribution in [2.45, 2.75) is 50.5 Å². The third kappa shape index (κ3) is 2.69. The molecule has 0 unspecified atom stereocenters. The lowest BCUT2D eigenvalue weighted by molar-refractivity contribution is -0.131. The molecule has 4 rings (SSSR count). The molecule has 1 saturated heterocycles. The normalized spacial score (nSPS) is 21.1. The number of anilines is 1. The van der Waals surface area contributed by atoms with E-state index < -0.39 is 5.54 Å². The molecule has 0 aromatic heterocycles. The number of nitrogens with zero attached hydrogens (tertiary/aromatic N) is 2. The van der Waals surface area contributed by atoms with Gasteiger partial charge in [-0.15, -0.1) is 0 Å². The Hall–Kier alpha value is -2.37. The monoisotopic (exact) mass is 341 g/mol. The molecule has 1 spiro atoms. The fourth-order valence-electron chi connectivity index (χ4n) is 4.32. The van der Waals surface area contributed by atoms with Crippen LogP contribution in [0.15, 0.2) is 24.3 Å². The van der Waals surface area contributed by atoms with Crippen molar-refractivity contribution >= 4 is 23.5 Å². The first-order valence-electron chi connectivity index (χ1n) is 9.13. The third-order valence-electron chi connectivity index (χ3n) is 5.66. The number of imide groups is 1. The lowest BCUT2D eigenvalue weighted by atomic mass is 9.98. The largest absolute Gasteiger partial charge is 0.325 e. The number of amides is 4. The Morgan fingerprint density at radius 2 is 1.92 bits per heavy atom. The zero-order valence-corrected chi connectivity index (χ0v) is 14.3. The van der Waals surface area contributed by atoms with E-state index in [9.17, 15) is 14.4 Å². The van der Waals surface area contributed by atoms with Gasteiger partial charge in [-0.05, 0) is 37.3 Å². The maximum absolute atomic E-state index is 12.6. The first-order chi connectivity index (χ1) is 12.1. The maximum Gasteiger partial charge on any atom is 0.325 e. The average molecular weight is 341 g/mol. The predicted octanol–water partition coefficient (Wildman–Crippen LogP) is 2.22. The second-order valence-corrected chi connectivity index (χ2v) is 7.20. The van der Waals surface area contributed by atoms with Gasteiger partial charge in [0.25, 0.3) is 5.91 Å². The number of para-hydroxylation sites is 1. The van der Waals surface area contributed by atoms with Crippen LogP contribution in [0.1, 0.15) is 44.1 Å². The molecule has 3 aliphatic rings. The van der Waals surface area contributed by atoms with E-state index in [0.717, 1.165) is 37.8 Å². The number of fused-ring (bicyclic) bond motifs is 1. The van der Waals surface area contributed by atoms with E-state index in [1.807, 2.05) is 23.1 Å². The summed E-state index contributed by atoms with van der Waals surface area (Å²) < 4.78 is 0. The van der Waals surface area contributed by atoms with Crippen LogP contribution in [0.25, 0.3) is 0 Å². The Labute approximate surface area is 147 Å². The first kappa shape index (κ1) is 16.1. The predicted molar refractivity (Wildman–Crippen MR) is 93.2 cm³/mol. The molecule has 1 aromatic carbocycles. The zero-order chi connectivity index (χ0) is 17.4. The molecule has 2 heterocycles. The van der Waals surface area contributed by atoms with E-state index in [4.69, 9.17) is 0 Å². The summed E-state index contributed by atoms with van der Waals surface area (Å²) in [5.74, 6) is -0.0402. The summed E-state index contributed by atoms with van der Waals surface area (Å²) in [5, 5.41) is 2.88. The molecule has 0 atom stereocenters. The lowest BCUT2D eigenvalue weighted by Crippen LogP contribution is -2.44. The van der Waals surface area contributed by atoms with Gasteiger partial charge in [0.1, 0.15) is 5.54 Å². The third-order valence-corrected chi connectivity index (χ3v) is 5.66. The van der Waals surface area contributed by atoms with Crippen LogP contribution in [0.3, 0.4) is 0 Å². The van der Waals surface area contributed by atoms with Gasteiger partial charge in [0.05, 0.1) is 0 Å². The van der Waals surface area contributed by atoms with Crippen LogP contribution < -0.4 is 10.2 Å². The summed E-state index contributed by atoms with van der Waals surface area (Å²) in [6, 6.07) is 7.66. The Morgan fingerprint density at radius 3 is 2.72 bits per heavy atom. The number of nitrogens with one attached hydrogen (secondary N) is 1. The zero-order valence-electron chi connectivity index (χ0n) is 14.3. The molecular formula is C19H23N3O3. The molecule has 6 heteroatoms. The molecule has 6 nitrogen and oxygen atoms in total. The summed E-state index contributed by atoms with van der Waals surface area (Å²) in [4.78, 5) is 40.4. The molecule has 0 bridgehead atoms. The van der Waals surface area contributed by atoms with E-state index >= 15 is 0 Å². The van der Waals surface area contributed by atoms with E-state index in [1.165, 1.54) is 10.5 Å². The Bertz CT molecular complexity index is 724. The molecule has 0 radical (unpaired) electrons. The second kappa shape index (κ2) is 6.17. The smallest absolute Gasteiger partial charge is 0.323 e. The van der Waals surface area contributed by atoms with Gasteiger partial charge in [0.2, 0.25) is 5.91 Å². The number of rotatable bonds is 4. The minimum atomic E-state index is -0.658. The average Bonchev–Trinajstić information content (AvgIpc) is 3.30. The molecule has 1 saturated carbocycles. The van der Waals surface area contributed by atoms with Crippen molar-refractivity contribution in [3.8, 4) is 0 Å². The van der Waals surface area contributed by atoms with Crippen molar-refractivity contribution < 1.29 is 14.4 Å². The van der Waals surface area contributed by atoms with Crippen molar-refractivity contribution in [1.82, 2.24) is 10.2 Å². The first-order valence-corrected chi connectivity index (χ1v) is 9.13. The van der Waals surface area contributed by atoms with E-state index in [0.29, 0.717) is 25.9 Å². The highest BCUT2D eigenvalue weighted by Gasteiger charge is 2.52. The molecule has 132 valence electrons. The van der Waals surface area contributed by atoms with Gasteiger partial charge < -0.3 is 10.2 Å². The number of carbonyl (C=O) groups is 3. The second-order valence-electron chi connectivity index (χ2n) is 7.20. The van der Waals surface area contributed by atoms with Gasteiger partial charge in [-0.3, -0.25) is 14.5 Å². The van der Waals surface area contributed by atoms with Crippen LogP contribution in [-0.4, -0.2) is 41.4 Å². The number of urea groups is 1. The molecule has 25 heavy (non-hydrogen) atoms. The number of hydrogen-bond acceptors (Lipinski definition) is 3. The van der Waals surface area contributed by atoms with Crippen LogP contribution >= 0.6 is 0 Å². The van der Waals surface area contributed by atoms with E-state index in [2.05, 4.69) is 11.4 Å². The standard InChI is InChI=1S/C19H23N3O3/c23-16(21-13-9-14-6-1-2-7-15(14)21)8-5-12-22-17(24)19(20-18(22)25)10-3-4-11-19/h1-2,6-7H,3-5,8-13H2,(H,20,25). The highest BCUT2D eigenvalue weighted by molar-refractivity contribution is 6.07. The van der Waals surface area contributed by atoms with Gasteiger partial charge in [0, 0.05) is 25.2 Å². The van der Waals surface area contributed by atoms with Crippen LogP contribution in [0, 0.1) is 0 Å². The van der Waals surface area contributed by atoms with Crippen LogP contribution in [0.4, 0.5) is 10.5 Å².